The Kier molecular flexibility index (Phi) is 6.04. The van der Waals surface area contributed by atoms with Crippen LogP contribution in [0.1, 0.15) is 17.8 Å². The molecule has 1 amide bonds. The maximum Gasteiger partial charge on any atom is 0.424 e. The van der Waals surface area contributed by atoms with Crippen LogP contribution < -0.4 is 11.1 Å². The maximum absolute atomic E-state index is 13.4. The molecule has 0 aliphatic carbocycles. The first-order valence-corrected chi connectivity index (χ1v) is 7.99. The molecule has 0 bridgehead atoms. The SMILES string of the molecule is Cn1ccnc1C(O)(CCNC(=O)[C@@H](N)Cc1ccccc1)C(F)(F)F. The van der Waals surface area contributed by atoms with Crippen molar-refractivity contribution in [2.45, 2.75) is 30.7 Å². The molecule has 2 atom stereocenters. The Labute approximate surface area is 148 Å². The van der Waals surface area contributed by atoms with Crippen molar-refractivity contribution in [3.8, 4) is 0 Å². The lowest BCUT2D eigenvalue weighted by Crippen LogP contribution is -2.48. The van der Waals surface area contributed by atoms with Crippen molar-refractivity contribution in [3.63, 3.8) is 0 Å². The summed E-state index contributed by atoms with van der Waals surface area (Å²) in [6.07, 6.45) is -2.98. The number of hydrogen-bond donors (Lipinski definition) is 3. The van der Waals surface area contributed by atoms with Gasteiger partial charge in [-0.1, -0.05) is 30.3 Å². The number of aliphatic hydroxyl groups is 1. The summed E-state index contributed by atoms with van der Waals surface area (Å²) in [5.41, 5.74) is 3.47. The lowest BCUT2D eigenvalue weighted by molar-refractivity contribution is -0.272. The molecule has 1 aromatic carbocycles. The number of nitrogens with one attached hydrogen (secondary N) is 1. The molecule has 2 aromatic rings. The van der Waals surface area contributed by atoms with Crippen LogP contribution in [0.4, 0.5) is 13.2 Å². The van der Waals surface area contributed by atoms with Crippen LogP contribution >= 0.6 is 0 Å². The first kappa shape index (κ1) is 19.9. The number of alkyl halides is 3. The van der Waals surface area contributed by atoms with Gasteiger partial charge in [-0.15, -0.1) is 0 Å². The fourth-order valence-electron chi connectivity index (χ4n) is 2.60. The van der Waals surface area contributed by atoms with Crippen molar-refractivity contribution in [1.82, 2.24) is 14.9 Å². The molecule has 0 saturated carbocycles. The van der Waals surface area contributed by atoms with Crippen LogP contribution in [0.2, 0.25) is 0 Å². The number of aryl methyl sites for hydroxylation is 1. The standard InChI is InChI=1S/C17H21F3N4O2/c1-24-10-9-23-15(24)16(26,17(18,19)20)7-8-22-14(25)13(21)11-12-5-3-2-4-6-12/h2-6,9-10,13,26H,7-8,11,21H2,1H3,(H,22,25)/t13-,16?/m0/s1. The van der Waals surface area contributed by atoms with Gasteiger partial charge < -0.3 is 20.7 Å². The molecule has 0 spiro atoms. The van der Waals surface area contributed by atoms with Gasteiger partial charge in [0.2, 0.25) is 11.5 Å². The van der Waals surface area contributed by atoms with Crippen LogP contribution in [0.15, 0.2) is 42.7 Å². The first-order chi connectivity index (χ1) is 12.1. The van der Waals surface area contributed by atoms with E-state index in [2.05, 4.69) is 10.3 Å². The Balaban J connectivity index is 1.97. The van der Waals surface area contributed by atoms with Crippen LogP contribution in [0.3, 0.4) is 0 Å². The molecule has 1 unspecified atom stereocenters. The minimum atomic E-state index is -4.94. The fraction of sp³-hybridized carbons (Fsp3) is 0.412. The molecule has 0 radical (unpaired) electrons. The van der Waals surface area contributed by atoms with Gasteiger partial charge >= 0.3 is 6.18 Å². The quantitative estimate of drug-likeness (QED) is 0.684. The normalized spacial score (nSPS) is 15.3. The minimum Gasteiger partial charge on any atom is -0.374 e. The van der Waals surface area contributed by atoms with Gasteiger partial charge in [0.1, 0.15) is 5.82 Å². The Morgan fingerprint density at radius 3 is 2.54 bits per heavy atom. The summed E-state index contributed by atoms with van der Waals surface area (Å²) in [7, 11) is 1.35. The molecule has 6 nitrogen and oxygen atoms in total. The second kappa shape index (κ2) is 7.88. The molecular formula is C17H21F3N4O2. The minimum absolute atomic E-state index is 0.260. The van der Waals surface area contributed by atoms with Gasteiger partial charge in [-0.25, -0.2) is 4.98 Å². The number of hydrogen-bond acceptors (Lipinski definition) is 4. The summed E-state index contributed by atoms with van der Waals surface area (Å²) < 4.78 is 41.2. The van der Waals surface area contributed by atoms with Crippen LogP contribution in [-0.2, 0) is 23.9 Å². The highest BCUT2D eigenvalue weighted by Gasteiger charge is 2.57. The monoisotopic (exact) mass is 370 g/mol. The van der Waals surface area contributed by atoms with E-state index in [1.54, 1.807) is 24.3 Å². The zero-order valence-corrected chi connectivity index (χ0v) is 14.2. The first-order valence-electron chi connectivity index (χ1n) is 7.99. The second-order valence-corrected chi connectivity index (χ2v) is 6.06. The topological polar surface area (TPSA) is 93.2 Å². The molecule has 0 aliphatic heterocycles. The third-order valence-corrected chi connectivity index (χ3v) is 4.08. The summed E-state index contributed by atoms with van der Waals surface area (Å²) in [6, 6.07) is 8.13. The number of amides is 1. The molecule has 1 aromatic heterocycles. The predicted molar refractivity (Wildman–Crippen MR) is 88.9 cm³/mol. The van der Waals surface area contributed by atoms with E-state index in [4.69, 9.17) is 5.73 Å². The molecule has 26 heavy (non-hydrogen) atoms. The van der Waals surface area contributed by atoms with Gasteiger partial charge in [0.25, 0.3) is 0 Å². The van der Waals surface area contributed by atoms with Crippen molar-refractivity contribution < 1.29 is 23.1 Å². The highest BCUT2D eigenvalue weighted by molar-refractivity contribution is 5.81. The number of benzene rings is 1. The molecule has 2 rings (SSSR count). The van der Waals surface area contributed by atoms with Crippen molar-refractivity contribution in [1.29, 1.82) is 0 Å². The van der Waals surface area contributed by atoms with E-state index < -0.39 is 42.5 Å². The molecule has 4 N–H and O–H groups in total. The summed E-state index contributed by atoms with van der Waals surface area (Å²) in [4.78, 5) is 15.6. The van der Waals surface area contributed by atoms with Crippen molar-refractivity contribution in [3.05, 3.63) is 54.1 Å². The van der Waals surface area contributed by atoms with E-state index in [1.807, 2.05) is 6.07 Å². The average Bonchev–Trinajstić information content (AvgIpc) is 3.01. The zero-order valence-electron chi connectivity index (χ0n) is 14.2. The number of nitrogens with two attached hydrogens (primary N) is 1. The fourth-order valence-corrected chi connectivity index (χ4v) is 2.60. The smallest absolute Gasteiger partial charge is 0.374 e. The molecule has 0 saturated heterocycles. The number of halogens is 3. The lowest BCUT2D eigenvalue weighted by Gasteiger charge is -2.30. The van der Waals surface area contributed by atoms with Gasteiger partial charge in [0.05, 0.1) is 6.04 Å². The van der Waals surface area contributed by atoms with Gasteiger partial charge in [-0.05, 0) is 12.0 Å². The van der Waals surface area contributed by atoms with Crippen molar-refractivity contribution >= 4 is 5.91 Å². The molecule has 1 heterocycles. The van der Waals surface area contributed by atoms with E-state index >= 15 is 0 Å². The Morgan fingerprint density at radius 1 is 1.35 bits per heavy atom. The van der Waals surface area contributed by atoms with E-state index in [1.165, 1.54) is 19.4 Å². The molecular weight excluding hydrogens is 349 g/mol. The number of carbonyl (C=O) groups is 1. The Hall–Kier alpha value is -2.39. The molecule has 142 valence electrons. The van der Waals surface area contributed by atoms with E-state index in [0.717, 1.165) is 10.1 Å². The van der Waals surface area contributed by atoms with Crippen LogP contribution in [0.5, 0.6) is 0 Å². The van der Waals surface area contributed by atoms with E-state index in [-0.39, 0.29) is 6.42 Å². The number of rotatable bonds is 7. The number of aromatic nitrogens is 2. The van der Waals surface area contributed by atoms with Crippen molar-refractivity contribution in [2.75, 3.05) is 6.54 Å². The summed E-state index contributed by atoms with van der Waals surface area (Å²) >= 11 is 0. The highest BCUT2D eigenvalue weighted by atomic mass is 19.4. The molecule has 0 aliphatic rings. The third kappa shape index (κ3) is 4.41. The van der Waals surface area contributed by atoms with E-state index in [9.17, 15) is 23.1 Å². The van der Waals surface area contributed by atoms with Crippen LogP contribution in [-0.4, -0.2) is 39.3 Å². The van der Waals surface area contributed by atoms with Crippen LogP contribution in [0.25, 0.3) is 0 Å². The number of imidazole rings is 1. The zero-order chi connectivity index (χ0) is 19.4. The molecule has 9 heteroatoms. The summed E-state index contributed by atoms with van der Waals surface area (Å²) in [6.45, 7) is -0.399. The van der Waals surface area contributed by atoms with Gasteiger partial charge in [-0.2, -0.15) is 13.2 Å². The summed E-state index contributed by atoms with van der Waals surface area (Å²) in [5, 5.41) is 12.5. The average molecular weight is 370 g/mol. The van der Waals surface area contributed by atoms with E-state index in [0.29, 0.717) is 0 Å². The Morgan fingerprint density at radius 2 is 2.00 bits per heavy atom. The Bertz CT molecular complexity index is 733. The van der Waals surface area contributed by atoms with Gasteiger partial charge in [-0.3, -0.25) is 4.79 Å². The maximum atomic E-state index is 13.4. The highest BCUT2D eigenvalue weighted by Crippen LogP contribution is 2.40. The molecule has 0 fully saturated rings. The van der Waals surface area contributed by atoms with Gasteiger partial charge in [0.15, 0.2) is 0 Å². The van der Waals surface area contributed by atoms with Crippen molar-refractivity contribution in [2.24, 2.45) is 12.8 Å². The summed E-state index contributed by atoms with van der Waals surface area (Å²) in [5.74, 6) is -1.12. The number of nitrogens with zero attached hydrogens (tertiary/aromatic N) is 2. The lowest BCUT2D eigenvalue weighted by atomic mass is 9.97. The van der Waals surface area contributed by atoms with Crippen LogP contribution in [0, 0.1) is 0 Å². The second-order valence-electron chi connectivity index (χ2n) is 6.06. The third-order valence-electron chi connectivity index (χ3n) is 4.08. The predicted octanol–water partition coefficient (Wildman–Crippen LogP) is 1.25. The number of carbonyl (C=O) groups excluding carboxylic acids is 1. The largest absolute Gasteiger partial charge is 0.424 e. The van der Waals surface area contributed by atoms with Gasteiger partial charge in [0, 0.05) is 32.4 Å².